The lowest BCUT2D eigenvalue weighted by Crippen LogP contribution is -2.46. The molecule has 1 N–H and O–H groups in total. The Morgan fingerprint density at radius 1 is 1.35 bits per heavy atom. The Labute approximate surface area is 125 Å². The highest BCUT2D eigenvalue weighted by Crippen LogP contribution is 2.31. The molecule has 1 saturated carbocycles. The maximum atomic E-state index is 12.5. The van der Waals surface area contributed by atoms with E-state index < -0.39 is 0 Å². The average molecular weight is 312 g/mol. The highest BCUT2D eigenvalue weighted by atomic mass is 32.2. The molecule has 2 heterocycles. The minimum absolute atomic E-state index is 0.116. The summed E-state index contributed by atoms with van der Waals surface area (Å²) in [4.78, 5) is 26.5. The van der Waals surface area contributed by atoms with E-state index >= 15 is 0 Å². The van der Waals surface area contributed by atoms with E-state index in [4.69, 9.17) is 0 Å². The molecule has 20 heavy (non-hydrogen) atoms. The van der Waals surface area contributed by atoms with Crippen molar-refractivity contribution in [1.29, 1.82) is 0 Å². The number of hydrogen-bond donors (Lipinski definition) is 1. The Kier molecular flexibility index (Phi) is 4.21. The van der Waals surface area contributed by atoms with Crippen molar-refractivity contribution in [2.75, 3.05) is 16.9 Å². The third kappa shape index (κ3) is 2.80. The summed E-state index contributed by atoms with van der Waals surface area (Å²) in [5, 5.41) is 10.7. The molecule has 8 heteroatoms. The lowest BCUT2D eigenvalue weighted by molar-refractivity contribution is -0.139. The summed E-state index contributed by atoms with van der Waals surface area (Å²) >= 11 is 2.91. The summed E-state index contributed by atoms with van der Waals surface area (Å²) in [6.45, 7) is 0. The number of carbonyl (C=O) groups is 2. The van der Waals surface area contributed by atoms with E-state index in [1.165, 1.54) is 11.3 Å². The molecule has 108 valence electrons. The number of carbonyl (C=O) groups excluding carboxylic acids is 2. The van der Waals surface area contributed by atoms with Crippen molar-refractivity contribution in [3.8, 4) is 0 Å². The minimum atomic E-state index is -0.378. The molecule has 1 aromatic rings. The van der Waals surface area contributed by atoms with Gasteiger partial charge < -0.3 is 4.90 Å². The summed E-state index contributed by atoms with van der Waals surface area (Å²) in [5.41, 5.74) is 1.57. The largest absolute Gasteiger partial charge is 0.320 e. The first kappa shape index (κ1) is 13.8. The van der Waals surface area contributed by atoms with E-state index in [-0.39, 0.29) is 23.8 Å². The third-order valence-electron chi connectivity index (χ3n) is 3.76. The molecular formula is C12H16N4O2S2. The van der Waals surface area contributed by atoms with Crippen LogP contribution >= 0.6 is 23.1 Å². The third-order valence-corrected chi connectivity index (χ3v) is 5.38. The fourth-order valence-electron chi connectivity index (χ4n) is 2.70. The van der Waals surface area contributed by atoms with Crippen molar-refractivity contribution < 1.29 is 9.59 Å². The van der Waals surface area contributed by atoms with Crippen LogP contribution in [0.15, 0.2) is 5.51 Å². The molecule has 1 atom stereocenters. The fraction of sp³-hybridized carbons (Fsp3) is 0.667. The van der Waals surface area contributed by atoms with Gasteiger partial charge in [0.25, 0.3) is 0 Å². The quantitative estimate of drug-likeness (QED) is 0.917. The van der Waals surface area contributed by atoms with Gasteiger partial charge in [-0.15, -0.1) is 22.0 Å². The van der Waals surface area contributed by atoms with Crippen molar-refractivity contribution in [3.63, 3.8) is 0 Å². The van der Waals surface area contributed by atoms with E-state index in [2.05, 4.69) is 15.5 Å². The first-order valence-electron chi connectivity index (χ1n) is 6.71. The summed E-state index contributed by atoms with van der Waals surface area (Å²) in [6, 6.07) is -0.378. The van der Waals surface area contributed by atoms with Gasteiger partial charge in [0, 0.05) is 11.7 Å². The van der Waals surface area contributed by atoms with E-state index in [1.807, 2.05) is 0 Å². The van der Waals surface area contributed by atoms with E-state index in [9.17, 15) is 9.59 Å². The van der Waals surface area contributed by atoms with Gasteiger partial charge in [-0.05, 0) is 12.8 Å². The normalized spacial score (nSPS) is 23.2. The number of thioether (sulfide) groups is 1. The maximum absolute atomic E-state index is 12.5. The van der Waals surface area contributed by atoms with Crippen molar-refractivity contribution in [1.82, 2.24) is 15.1 Å². The van der Waals surface area contributed by atoms with Crippen molar-refractivity contribution in [3.05, 3.63) is 5.51 Å². The lowest BCUT2D eigenvalue weighted by atomic mass is 10.1. The summed E-state index contributed by atoms with van der Waals surface area (Å²) in [7, 11) is 0. The monoisotopic (exact) mass is 312 g/mol. The number of aromatic nitrogens is 2. The van der Waals surface area contributed by atoms with E-state index in [1.54, 1.807) is 22.2 Å². The van der Waals surface area contributed by atoms with E-state index in [0.29, 0.717) is 16.8 Å². The molecule has 1 saturated heterocycles. The standard InChI is InChI=1S/C12H16N4O2S2/c17-10(14-12-15-13-6-20-12)9-5-19-7-16(9)11(18)8-3-1-2-4-8/h6,8-9H,1-5,7H2,(H,14,15,17). The highest BCUT2D eigenvalue weighted by molar-refractivity contribution is 7.99. The van der Waals surface area contributed by atoms with Crippen LogP contribution in [0.25, 0.3) is 0 Å². The molecule has 0 aromatic carbocycles. The molecular weight excluding hydrogens is 296 g/mol. The summed E-state index contributed by atoms with van der Waals surface area (Å²) in [5.74, 6) is 1.38. The molecule has 2 fully saturated rings. The second-order valence-electron chi connectivity index (χ2n) is 5.04. The predicted octanol–water partition coefficient (Wildman–Crippen LogP) is 1.57. The smallest absolute Gasteiger partial charge is 0.249 e. The Hall–Kier alpha value is -1.15. The Balaban J connectivity index is 1.65. The van der Waals surface area contributed by atoms with Crippen LogP contribution in [0.1, 0.15) is 25.7 Å². The first-order valence-corrected chi connectivity index (χ1v) is 8.74. The second-order valence-corrected chi connectivity index (χ2v) is 6.87. The van der Waals surface area contributed by atoms with Gasteiger partial charge in [0.1, 0.15) is 11.6 Å². The van der Waals surface area contributed by atoms with Crippen LogP contribution < -0.4 is 5.32 Å². The van der Waals surface area contributed by atoms with Crippen molar-refractivity contribution in [2.45, 2.75) is 31.7 Å². The fourth-order valence-corrected chi connectivity index (χ4v) is 4.31. The van der Waals surface area contributed by atoms with Crippen molar-refractivity contribution >= 4 is 40.0 Å². The van der Waals surface area contributed by atoms with Gasteiger partial charge in [0.05, 0.1) is 5.88 Å². The van der Waals surface area contributed by atoms with Gasteiger partial charge in [-0.25, -0.2) is 0 Å². The summed E-state index contributed by atoms with van der Waals surface area (Å²) in [6.07, 6.45) is 4.17. The van der Waals surface area contributed by atoms with Gasteiger partial charge in [-0.2, -0.15) is 0 Å². The van der Waals surface area contributed by atoms with Crippen LogP contribution in [0, 0.1) is 5.92 Å². The van der Waals surface area contributed by atoms with Gasteiger partial charge in [0.2, 0.25) is 16.9 Å². The topological polar surface area (TPSA) is 75.2 Å². The van der Waals surface area contributed by atoms with Crippen LogP contribution in [0.3, 0.4) is 0 Å². The van der Waals surface area contributed by atoms with Gasteiger partial charge >= 0.3 is 0 Å². The molecule has 1 aliphatic heterocycles. The maximum Gasteiger partial charge on any atom is 0.249 e. The van der Waals surface area contributed by atoms with Gasteiger partial charge in [-0.3, -0.25) is 14.9 Å². The molecule has 1 aliphatic carbocycles. The average Bonchev–Trinajstić information content (AvgIpc) is 3.19. The molecule has 3 rings (SSSR count). The van der Waals surface area contributed by atoms with Crippen LogP contribution in [0.4, 0.5) is 5.13 Å². The lowest BCUT2D eigenvalue weighted by Gasteiger charge is -2.25. The van der Waals surface area contributed by atoms with Crippen LogP contribution in [0.2, 0.25) is 0 Å². The van der Waals surface area contributed by atoms with E-state index in [0.717, 1.165) is 25.7 Å². The predicted molar refractivity (Wildman–Crippen MR) is 78.5 cm³/mol. The Morgan fingerprint density at radius 3 is 2.85 bits per heavy atom. The zero-order valence-corrected chi connectivity index (χ0v) is 12.6. The van der Waals surface area contributed by atoms with Gasteiger partial charge in [-0.1, -0.05) is 24.2 Å². The minimum Gasteiger partial charge on any atom is -0.320 e. The molecule has 6 nitrogen and oxygen atoms in total. The number of hydrogen-bond acceptors (Lipinski definition) is 6. The number of nitrogens with zero attached hydrogens (tertiary/aromatic N) is 3. The number of amides is 2. The van der Waals surface area contributed by atoms with Gasteiger partial charge in [0.15, 0.2) is 0 Å². The number of nitrogens with one attached hydrogen (secondary N) is 1. The van der Waals surface area contributed by atoms with Crippen LogP contribution in [-0.2, 0) is 9.59 Å². The van der Waals surface area contributed by atoms with Crippen molar-refractivity contribution in [2.24, 2.45) is 5.92 Å². The highest BCUT2D eigenvalue weighted by Gasteiger charge is 2.38. The zero-order chi connectivity index (χ0) is 13.9. The Morgan fingerprint density at radius 2 is 2.15 bits per heavy atom. The molecule has 0 radical (unpaired) electrons. The van der Waals surface area contributed by atoms with Crippen LogP contribution in [0.5, 0.6) is 0 Å². The number of anilines is 1. The molecule has 1 unspecified atom stereocenters. The second kappa shape index (κ2) is 6.09. The summed E-state index contributed by atoms with van der Waals surface area (Å²) < 4.78 is 0. The number of rotatable bonds is 3. The Bertz CT molecular complexity index is 488. The molecule has 0 spiro atoms. The molecule has 1 aromatic heterocycles. The first-order chi connectivity index (χ1) is 9.75. The zero-order valence-electron chi connectivity index (χ0n) is 10.9. The van der Waals surface area contributed by atoms with Crippen LogP contribution in [-0.4, -0.2) is 44.6 Å². The molecule has 2 aliphatic rings. The molecule has 0 bridgehead atoms. The SMILES string of the molecule is O=C(Nc1nncs1)C1CSCN1C(=O)C1CCCC1. The molecule has 2 amide bonds.